The van der Waals surface area contributed by atoms with E-state index in [-0.39, 0.29) is 6.61 Å². The van der Waals surface area contributed by atoms with Gasteiger partial charge >= 0.3 is 0 Å². The normalized spacial score (nSPS) is 10.7. The summed E-state index contributed by atoms with van der Waals surface area (Å²) in [4.78, 5) is 6.46. The van der Waals surface area contributed by atoms with Gasteiger partial charge in [-0.25, -0.2) is 4.98 Å². The number of hydrogen-bond donors (Lipinski definition) is 1. The van der Waals surface area contributed by atoms with E-state index in [0.29, 0.717) is 6.54 Å². The Labute approximate surface area is 103 Å². The maximum absolute atomic E-state index is 8.87. The number of likely N-dealkylation sites (N-methyl/N-ethyl adjacent to an activating group) is 1. The van der Waals surface area contributed by atoms with E-state index < -0.39 is 0 Å². The number of anilines is 1. The zero-order valence-electron chi connectivity index (χ0n) is 9.02. The van der Waals surface area contributed by atoms with Gasteiger partial charge in [-0.1, -0.05) is 15.9 Å². The topological polar surface area (TPSA) is 36.4 Å². The third kappa shape index (κ3) is 2.33. The summed E-state index contributed by atoms with van der Waals surface area (Å²) in [5.41, 5.74) is 0.963. The van der Waals surface area contributed by atoms with Crippen LogP contribution >= 0.6 is 15.9 Å². The minimum Gasteiger partial charge on any atom is -0.395 e. The van der Waals surface area contributed by atoms with Crippen LogP contribution in [0, 0.1) is 0 Å². The number of pyridine rings is 1. The summed E-state index contributed by atoms with van der Waals surface area (Å²) in [5, 5.41) is 9.98. The Morgan fingerprint density at radius 3 is 2.88 bits per heavy atom. The molecule has 0 atom stereocenters. The fourth-order valence-electron chi connectivity index (χ4n) is 1.56. The fourth-order valence-corrected chi connectivity index (χ4v) is 1.94. The van der Waals surface area contributed by atoms with Crippen molar-refractivity contribution in [1.82, 2.24) is 4.98 Å². The van der Waals surface area contributed by atoms with Crippen LogP contribution in [0.25, 0.3) is 10.9 Å². The average molecular weight is 281 g/mol. The lowest BCUT2D eigenvalue weighted by atomic mass is 10.2. The number of hydrogen-bond acceptors (Lipinski definition) is 3. The molecule has 0 saturated heterocycles. The maximum atomic E-state index is 8.87. The van der Waals surface area contributed by atoms with E-state index >= 15 is 0 Å². The molecule has 16 heavy (non-hydrogen) atoms. The predicted molar refractivity (Wildman–Crippen MR) is 69.8 cm³/mol. The SMILES string of the molecule is CN(CCO)c1ccc2cc(Br)ccc2n1. The molecule has 0 saturated carbocycles. The second-order valence-corrected chi connectivity index (χ2v) is 4.57. The minimum absolute atomic E-state index is 0.135. The maximum Gasteiger partial charge on any atom is 0.129 e. The second kappa shape index (κ2) is 4.80. The summed E-state index contributed by atoms with van der Waals surface area (Å²) in [6.45, 7) is 0.728. The van der Waals surface area contributed by atoms with E-state index in [1.54, 1.807) is 0 Å². The van der Waals surface area contributed by atoms with Crippen molar-refractivity contribution >= 4 is 32.7 Å². The lowest BCUT2D eigenvalue weighted by Gasteiger charge is -2.16. The van der Waals surface area contributed by atoms with Gasteiger partial charge in [0.25, 0.3) is 0 Å². The van der Waals surface area contributed by atoms with Crippen LogP contribution in [-0.2, 0) is 0 Å². The molecule has 3 nitrogen and oxygen atoms in total. The van der Waals surface area contributed by atoms with Crippen LogP contribution in [0.1, 0.15) is 0 Å². The first kappa shape index (κ1) is 11.4. The fraction of sp³-hybridized carbons (Fsp3) is 0.250. The van der Waals surface area contributed by atoms with Crippen molar-refractivity contribution < 1.29 is 5.11 Å². The van der Waals surface area contributed by atoms with Crippen molar-refractivity contribution in [2.24, 2.45) is 0 Å². The first-order valence-corrected chi connectivity index (χ1v) is 5.88. The molecular weight excluding hydrogens is 268 g/mol. The number of rotatable bonds is 3. The zero-order valence-corrected chi connectivity index (χ0v) is 10.6. The number of fused-ring (bicyclic) bond motifs is 1. The van der Waals surface area contributed by atoms with Crippen LogP contribution in [0.5, 0.6) is 0 Å². The molecule has 0 radical (unpaired) electrons. The molecule has 1 N–H and O–H groups in total. The quantitative estimate of drug-likeness (QED) is 0.938. The molecular formula is C12H13BrN2O. The van der Waals surface area contributed by atoms with Gasteiger partial charge in [-0.05, 0) is 30.3 Å². The molecule has 0 unspecified atom stereocenters. The highest BCUT2D eigenvalue weighted by molar-refractivity contribution is 9.10. The number of aliphatic hydroxyl groups excluding tert-OH is 1. The molecule has 0 aliphatic rings. The highest BCUT2D eigenvalue weighted by atomic mass is 79.9. The standard InChI is InChI=1S/C12H13BrN2O/c1-15(6-7-16)12-5-2-9-8-10(13)3-4-11(9)14-12/h2-5,8,16H,6-7H2,1H3. The lowest BCUT2D eigenvalue weighted by molar-refractivity contribution is 0.304. The third-order valence-electron chi connectivity index (χ3n) is 2.46. The molecule has 0 aliphatic carbocycles. The molecule has 0 fully saturated rings. The second-order valence-electron chi connectivity index (χ2n) is 3.65. The average Bonchev–Trinajstić information content (AvgIpc) is 2.28. The van der Waals surface area contributed by atoms with Crippen molar-refractivity contribution in [3.63, 3.8) is 0 Å². The van der Waals surface area contributed by atoms with Crippen LogP contribution < -0.4 is 4.90 Å². The van der Waals surface area contributed by atoms with Crippen LogP contribution in [0.3, 0.4) is 0 Å². The van der Waals surface area contributed by atoms with Gasteiger partial charge in [0.05, 0.1) is 12.1 Å². The molecule has 1 aromatic heterocycles. The summed E-state index contributed by atoms with van der Waals surface area (Å²) in [6.07, 6.45) is 0. The lowest BCUT2D eigenvalue weighted by Crippen LogP contribution is -2.22. The molecule has 1 aromatic carbocycles. The summed E-state index contributed by atoms with van der Waals surface area (Å²) >= 11 is 3.43. The van der Waals surface area contributed by atoms with E-state index in [9.17, 15) is 0 Å². The van der Waals surface area contributed by atoms with Crippen molar-refractivity contribution in [2.45, 2.75) is 0 Å². The molecule has 2 rings (SSSR count). The van der Waals surface area contributed by atoms with Crippen LogP contribution in [0.15, 0.2) is 34.8 Å². The summed E-state index contributed by atoms with van der Waals surface area (Å²) in [7, 11) is 1.92. The van der Waals surface area contributed by atoms with Gasteiger partial charge in [-0.2, -0.15) is 0 Å². The molecule has 0 spiro atoms. The van der Waals surface area contributed by atoms with Gasteiger partial charge in [0, 0.05) is 23.5 Å². The van der Waals surface area contributed by atoms with Gasteiger partial charge in [-0.3, -0.25) is 0 Å². The number of aromatic nitrogens is 1. The van der Waals surface area contributed by atoms with Crippen LogP contribution in [0.4, 0.5) is 5.82 Å². The molecule has 1 heterocycles. The predicted octanol–water partition coefficient (Wildman–Crippen LogP) is 2.43. The Kier molecular flexibility index (Phi) is 3.41. The Hall–Kier alpha value is -1.13. The highest BCUT2D eigenvalue weighted by Crippen LogP contribution is 2.21. The third-order valence-corrected chi connectivity index (χ3v) is 2.96. The van der Waals surface area contributed by atoms with E-state index in [1.807, 2.05) is 42.3 Å². The van der Waals surface area contributed by atoms with Crippen molar-refractivity contribution in [1.29, 1.82) is 0 Å². The van der Waals surface area contributed by atoms with E-state index in [1.165, 1.54) is 0 Å². The number of halogens is 1. The van der Waals surface area contributed by atoms with E-state index in [2.05, 4.69) is 20.9 Å². The minimum atomic E-state index is 0.135. The Morgan fingerprint density at radius 1 is 1.31 bits per heavy atom. The van der Waals surface area contributed by atoms with Gasteiger partial charge in [0.2, 0.25) is 0 Å². The number of aliphatic hydroxyl groups is 1. The smallest absolute Gasteiger partial charge is 0.129 e. The van der Waals surface area contributed by atoms with Gasteiger partial charge in [0.1, 0.15) is 5.82 Å². The van der Waals surface area contributed by atoms with Crippen LogP contribution in [0.2, 0.25) is 0 Å². The van der Waals surface area contributed by atoms with Gasteiger partial charge in [-0.15, -0.1) is 0 Å². The van der Waals surface area contributed by atoms with Gasteiger partial charge < -0.3 is 10.0 Å². The Morgan fingerprint density at radius 2 is 2.12 bits per heavy atom. The number of nitrogens with zero attached hydrogens (tertiary/aromatic N) is 2. The zero-order chi connectivity index (χ0) is 11.5. The largest absolute Gasteiger partial charge is 0.395 e. The van der Waals surface area contributed by atoms with E-state index in [0.717, 1.165) is 21.2 Å². The molecule has 0 aliphatic heterocycles. The number of benzene rings is 1. The summed E-state index contributed by atoms with van der Waals surface area (Å²) < 4.78 is 1.05. The Balaban J connectivity index is 2.40. The molecule has 2 aromatic rings. The molecule has 84 valence electrons. The van der Waals surface area contributed by atoms with Crippen molar-refractivity contribution in [3.8, 4) is 0 Å². The van der Waals surface area contributed by atoms with Crippen molar-refractivity contribution in [3.05, 3.63) is 34.8 Å². The summed E-state index contributed by atoms with van der Waals surface area (Å²) in [5.74, 6) is 0.879. The first-order chi connectivity index (χ1) is 7.70. The monoisotopic (exact) mass is 280 g/mol. The highest BCUT2D eigenvalue weighted by Gasteiger charge is 2.03. The van der Waals surface area contributed by atoms with Crippen molar-refractivity contribution in [2.75, 3.05) is 25.1 Å². The molecule has 0 amide bonds. The molecule has 0 bridgehead atoms. The van der Waals surface area contributed by atoms with E-state index in [4.69, 9.17) is 5.11 Å². The Bertz CT molecular complexity index is 501. The van der Waals surface area contributed by atoms with Crippen LogP contribution in [-0.4, -0.2) is 30.3 Å². The first-order valence-electron chi connectivity index (χ1n) is 5.09. The van der Waals surface area contributed by atoms with Gasteiger partial charge in [0.15, 0.2) is 0 Å². The summed E-state index contributed by atoms with van der Waals surface area (Å²) in [6, 6.07) is 10.00. The molecule has 4 heteroatoms.